The summed E-state index contributed by atoms with van der Waals surface area (Å²) in [5.41, 5.74) is 0.834. The van der Waals surface area contributed by atoms with Crippen molar-refractivity contribution in [2.24, 2.45) is 0 Å². The molecule has 1 aromatic carbocycles. The summed E-state index contributed by atoms with van der Waals surface area (Å²) in [6, 6.07) is 8.76. The van der Waals surface area contributed by atoms with Gasteiger partial charge in [0, 0.05) is 6.54 Å². The summed E-state index contributed by atoms with van der Waals surface area (Å²) in [5.74, 6) is -0.490. The van der Waals surface area contributed by atoms with Crippen molar-refractivity contribution in [2.45, 2.75) is 6.54 Å². The molecule has 0 atom stereocenters. The fourth-order valence-corrected chi connectivity index (χ4v) is 3.44. The monoisotopic (exact) mass is 274 g/mol. The molecule has 0 unspecified atom stereocenters. The summed E-state index contributed by atoms with van der Waals surface area (Å²) in [7, 11) is -3.74. The van der Waals surface area contributed by atoms with Gasteiger partial charge in [0.05, 0.1) is 6.54 Å². The Morgan fingerprint density at radius 1 is 1.24 bits per heavy atom. The van der Waals surface area contributed by atoms with Gasteiger partial charge in [-0.05, 0) is 5.56 Å². The van der Waals surface area contributed by atoms with Crippen molar-refractivity contribution in [1.82, 2.24) is 8.61 Å². The van der Waals surface area contributed by atoms with E-state index in [1.807, 2.05) is 30.3 Å². The quantitative estimate of drug-likeness (QED) is 0.604. The van der Waals surface area contributed by atoms with Crippen LogP contribution < -0.4 is 0 Å². The number of carbonyl (C=O) groups is 1. The first-order chi connectivity index (χ1) is 8.05. The summed E-state index contributed by atoms with van der Waals surface area (Å²) in [6.45, 7) is 0.0340. The van der Waals surface area contributed by atoms with Crippen molar-refractivity contribution in [3.05, 3.63) is 35.9 Å². The lowest BCUT2D eigenvalue weighted by Crippen LogP contribution is -2.33. The molecule has 1 aromatic rings. The SMILES string of the molecule is O=C1CN(Cc2ccccc2)S(=O)(=O)N1CCl. The molecule has 17 heavy (non-hydrogen) atoms. The van der Waals surface area contributed by atoms with Crippen LogP contribution in [-0.4, -0.2) is 35.5 Å². The number of carbonyl (C=O) groups excluding carboxylic acids is 1. The molecule has 1 fully saturated rings. The maximum absolute atomic E-state index is 11.9. The van der Waals surface area contributed by atoms with Gasteiger partial charge in [0.25, 0.3) is 5.91 Å². The van der Waals surface area contributed by atoms with Gasteiger partial charge in [0.2, 0.25) is 0 Å². The van der Waals surface area contributed by atoms with Gasteiger partial charge in [-0.3, -0.25) is 4.79 Å². The highest BCUT2D eigenvalue weighted by Crippen LogP contribution is 2.20. The minimum absolute atomic E-state index is 0.149. The molecule has 0 aromatic heterocycles. The standard InChI is InChI=1S/C10H11ClN2O3S/c11-8-13-10(14)7-12(17(13,15)16)6-9-4-2-1-3-5-9/h1-5H,6-8H2. The van der Waals surface area contributed by atoms with E-state index in [1.54, 1.807) is 0 Å². The highest BCUT2D eigenvalue weighted by atomic mass is 35.5. The normalized spacial score (nSPS) is 19.8. The molecule has 7 heteroatoms. The van der Waals surface area contributed by atoms with E-state index in [9.17, 15) is 13.2 Å². The Kier molecular flexibility index (Phi) is 3.37. The largest absolute Gasteiger partial charge is 0.308 e. The smallest absolute Gasteiger partial charge is 0.272 e. The van der Waals surface area contributed by atoms with Gasteiger partial charge >= 0.3 is 10.2 Å². The van der Waals surface area contributed by atoms with Crippen LogP contribution in [0.25, 0.3) is 0 Å². The number of hydrogen-bond acceptors (Lipinski definition) is 3. The van der Waals surface area contributed by atoms with Crippen molar-refractivity contribution in [1.29, 1.82) is 0 Å². The number of amides is 1. The third-order valence-electron chi connectivity index (χ3n) is 2.50. The molecule has 1 heterocycles. The summed E-state index contributed by atoms with van der Waals surface area (Å²) in [6.07, 6.45) is 0. The fourth-order valence-electron chi connectivity index (χ4n) is 1.63. The predicted octanol–water partition coefficient (Wildman–Crippen LogP) is 0.772. The van der Waals surface area contributed by atoms with Gasteiger partial charge in [-0.1, -0.05) is 30.3 Å². The number of hydrogen-bond donors (Lipinski definition) is 0. The van der Waals surface area contributed by atoms with Gasteiger partial charge < -0.3 is 0 Å². The molecule has 0 aliphatic carbocycles. The second kappa shape index (κ2) is 4.64. The van der Waals surface area contributed by atoms with E-state index in [0.717, 1.165) is 9.87 Å². The highest BCUT2D eigenvalue weighted by Gasteiger charge is 2.41. The first-order valence-electron chi connectivity index (χ1n) is 4.96. The number of nitrogens with zero attached hydrogens (tertiary/aromatic N) is 2. The molecule has 0 radical (unpaired) electrons. The average Bonchev–Trinajstić information content (AvgIpc) is 2.50. The third kappa shape index (κ3) is 2.29. The van der Waals surface area contributed by atoms with Crippen LogP contribution >= 0.6 is 11.6 Å². The zero-order valence-corrected chi connectivity index (χ0v) is 10.5. The number of rotatable bonds is 3. The summed E-state index contributed by atoms with van der Waals surface area (Å²) in [5, 5.41) is 0. The molecule has 1 saturated heterocycles. The number of alkyl halides is 1. The molecule has 0 N–H and O–H groups in total. The van der Waals surface area contributed by atoms with Crippen LogP contribution in [-0.2, 0) is 21.5 Å². The van der Waals surface area contributed by atoms with Crippen LogP contribution in [0.4, 0.5) is 0 Å². The van der Waals surface area contributed by atoms with Crippen LogP contribution in [0.2, 0.25) is 0 Å². The molecule has 0 spiro atoms. The molecule has 0 saturated carbocycles. The molecule has 2 rings (SSSR count). The first-order valence-corrected chi connectivity index (χ1v) is 6.89. The predicted molar refractivity (Wildman–Crippen MR) is 63.3 cm³/mol. The van der Waals surface area contributed by atoms with Crippen molar-refractivity contribution in [2.75, 3.05) is 12.5 Å². The van der Waals surface area contributed by atoms with E-state index in [-0.39, 0.29) is 19.1 Å². The summed E-state index contributed by atoms with van der Waals surface area (Å²) >= 11 is 5.45. The lowest BCUT2D eigenvalue weighted by molar-refractivity contribution is -0.124. The van der Waals surface area contributed by atoms with Gasteiger partial charge in [0.15, 0.2) is 0 Å². The molecule has 5 nitrogen and oxygen atoms in total. The minimum atomic E-state index is -3.74. The Labute approximate surface area is 105 Å². The summed E-state index contributed by atoms with van der Waals surface area (Å²) < 4.78 is 25.6. The lowest BCUT2D eigenvalue weighted by atomic mass is 10.2. The van der Waals surface area contributed by atoms with Crippen LogP contribution in [0.15, 0.2) is 30.3 Å². The molecular weight excluding hydrogens is 264 g/mol. The highest BCUT2D eigenvalue weighted by molar-refractivity contribution is 7.87. The molecule has 92 valence electrons. The molecule has 1 amide bonds. The van der Waals surface area contributed by atoms with Crippen LogP contribution in [0, 0.1) is 0 Å². The Balaban J connectivity index is 2.22. The van der Waals surface area contributed by atoms with Crippen molar-refractivity contribution in [3.8, 4) is 0 Å². The van der Waals surface area contributed by atoms with Crippen LogP contribution in [0.3, 0.4) is 0 Å². The van der Waals surface area contributed by atoms with E-state index < -0.39 is 16.1 Å². The summed E-state index contributed by atoms with van der Waals surface area (Å²) in [4.78, 5) is 11.4. The maximum Gasteiger partial charge on any atom is 0.308 e. The van der Waals surface area contributed by atoms with Crippen LogP contribution in [0.5, 0.6) is 0 Å². The zero-order valence-electron chi connectivity index (χ0n) is 8.91. The second-order valence-electron chi connectivity index (χ2n) is 3.62. The first kappa shape index (κ1) is 12.3. The molecule has 0 bridgehead atoms. The van der Waals surface area contributed by atoms with E-state index in [2.05, 4.69) is 0 Å². The van der Waals surface area contributed by atoms with E-state index in [0.29, 0.717) is 4.31 Å². The Morgan fingerprint density at radius 3 is 2.41 bits per heavy atom. The fraction of sp³-hybridized carbons (Fsp3) is 0.300. The Morgan fingerprint density at radius 2 is 1.88 bits per heavy atom. The van der Waals surface area contributed by atoms with E-state index in [1.165, 1.54) is 0 Å². The lowest BCUT2D eigenvalue weighted by Gasteiger charge is -2.16. The van der Waals surface area contributed by atoms with Gasteiger partial charge in [-0.2, -0.15) is 12.7 Å². The Bertz CT molecular complexity index is 518. The Hall–Kier alpha value is -1.11. The van der Waals surface area contributed by atoms with Crippen molar-refractivity contribution < 1.29 is 13.2 Å². The zero-order chi connectivity index (χ0) is 12.5. The van der Waals surface area contributed by atoms with Gasteiger partial charge in [-0.15, -0.1) is 11.6 Å². The van der Waals surface area contributed by atoms with Gasteiger partial charge in [0.1, 0.15) is 6.00 Å². The third-order valence-corrected chi connectivity index (χ3v) is 4.69. The van der Waals surface area contributed by atoms with E-state index in [4.69, 9.17) is 11.6 Å². The van der Waals surface area contributed by atoms with Crippen molar-refractivity contribution in [3.63, 3.8) is 0 Å². The number of benzene rings is 1. The molecule has 1 aliphatic heterocycles. The van der Waals surface area contributed by atoms with E-state index >= 15 is 0 Å². The minimum Gasteiger partial charge on any atom is -0.272 e. The molecule has 1 aliphatic rings. The number of halogens is 1. The molecular formula is C10H11ClN2O3S. The van der Waals surface area contributed by atoms with Crippen molar-refractivity contribution >= 4 is 27.7 Å². The average molecular weight is 275 g/mol. The topological polar surface area (TPSA) is 57.7 Å². The van der Waals surface area contributed by atoms with Gasteiger partial charge in [-0.25, -0.2) is 4.31 Å². The maximum atomic E-state index is 11.9. The second-order valence-corrected chi connectivity index (χ2v) is 5.72. The van der Waals surface area contributed by atoms with Crippen LogP contribution in [0.1, 0.15) is 5.56 Å².